The fraction of sp³-hybridized carbons (Fsp3) is 0.429. The first kappa shape index (κ1) is 10.3. The molecule has 0 bridgehead atoms. The van der Waals surface area contributed by atoms with Gasteiger partial charge in [-0.15, -0.1) is 0 Å². The minimum Gasteiger partial charge on any atom is -0.256 e. The third kappa shape index (κ3) is 2.58. The minimum absolute atomic E-state index is 0.213. The molecule has 1 atom stereocenters. The van der Waals surface area contributed by atoms with Gasteiger partial charge in [-0.1, -0.05) is 0 Å². The lowest BCUT2D eigenvalue weighted by Crippen LogP contribution is -2.09. The largest absolute Gasteiger partial charge is 0.434 e. The molecule has 0 fully saturated rings. The smallest absolute Gasteiger partial charge is 0.256 e. The van der Waals surface area contributed by atoms with Crippen molar-refractivity contribution in [3.8, 4) is 0 Å². The minimum atomic E-state index is -4.43. The van der Waals surface area contributed by atoms with Crippen molar-refractivity contribution in [2.24, 2.45) is 0 Å². The summed E-state index contributed by atoms with van der Waals surface area (Å²) in [5.74, 6) is 0. The molecule has 2 nitrogen and oxygen atoms in total. The van der Waals surface area contributed by atoms with Crippen LogP contribution in [0.5, 0.6) is 0 Å². The van der Waals surface area contributed by atoms with E-state index in [0.717, 1.165) is 6.20 Å². The molecule has 72 valence electrons. The molecule has 6 heteroatoms. The van der Waals surface area contributed by atoms with Gasteiger partial charge in [-0.25, -0.2) is 4.98 Å². The number of thiol groups is 1. The number of hydrogen-bond donors (Lipinski definition) is 1. The van der Waals surface area contributed by atoms with Crippen LogP contribution in [-0.4, -0.2) is 9.97 Å². The van der Waals surface area contributed by atoms with Crippen molar-refractivity contribution in [2.75, 3.05) is 0 Å². The molecule has 0 amide bonds. The molecule has 0 aromatic carbocycles. The van der Waals surface area contributed by atoms with Crippen LogP contribution in [0.15, 0.2) is 12.4 Å². The highest BCUT2D eigenvalue weighted by Crippen LogP contribution is 2.27. The first-order valence-electron chi connectivity index (χ1n) is 3.48. The Labute approximate surface area is 78.6 Å². The number of rotatable bonds is 1. The highest BCUT2D eigenvalue weighted by Gasteiger charge is 2.32. The highest BCUT2D eigenvalue weighted by molar-refractivity contribution is 7.80. The van der Waals surface area contributed by atoms with E-state index in [1.54, 1.807) is 6.92 Å². The second-order valence-corrected chi connectivity index (χ2v) is 3.27. The zero-order chi connectivity index (χ0) is 10.1. The first-order valence-corrected chi connectivity index (χ1v) is 4.00. The van der Waals surface area contributed by atoms with Crippen LogP contribution >= 0.6 is 12.6 Å². The van der Waals surface area contributed by atoms with E-state index in [2.05, 4.69) is 22.6 Å². The van der Waals surface area contributed by atoms with Crippen molar-refractivity contribution in [3.63, 3.8) is 0 Å². The zero-order valence-corrected chi connectivity index (χ0v) is 7.60. The predicted molar refractivity (Wildman–Crippen MR) is 44.4 cm³/mol. The Morgan fingerprint density at radius 3 is 2.23 bits per heavy atom. The van der Waals surface area contributed by atoms with Gasteiger partial charge in [0.05, 0.1) is 18.1 Å². The lowest BCUT2D eigenvalue weighted by atomic mass is 10.3. The van der Waals surface area contributed by atoms with Gasteiger partial charge in [0, 0.05) is 5.25 Å². The van der Waals surface area contributed by atoms with Crippen LogP contribution in [0.3, 0.4) is 0 Å². The van der Waals surface area contributed by atoms with E-state index in [-0.39, 0.29) is 5.25 Å². The molecule has 1 rings (SSSR count). The van der Waals surface area contributed by atoms with Gasteiger partial charge in [-0.3, -0.25) is 4.98 Å². The van der Waals surface area contributed by atoms with Crippen LogP contribution in [0, 0.1) is 0 Å². The summed E-state index contributed by atoms with van der Waals surface area (Å²) in [6.07, 6.45) is -2.63. The molecule has 0 aliphatic rings. The Kier molecular flexibility index (Phi) is 2.80. The zero-order valence-electron chi connectivity index (χ0n) is 6.71. The fourth-order valence-corrected chi connectivity index (χ4v) is 0.833. The molecular weight excluding hydrogens is 201 g/mol. The van der Waals surface area contributed by atoms with Crippen molar-refractivity contribution in [2.45, 2.75) is 18.3 Å². The van der Waals surface area contributed by atoms with E-state index in [0.29, 0.717) is 11.9 Å². The van der Waals surface area contributed by atoms with Gasteiger partial charge in [0.2, 0.25) is 0 Å². The summed E-state index contributed by atoms with van der Waals surface area (Å²) in [7, 11) is 0. The molecule has 1 aromatic heterocycles. The Morgan fingerprint density at radius 2 is 1.92 bits per heavy atom. The van der Waals surface area contributed by atoms with Gasteiger partial charge in [-0.05, 0) is 6.92 Å². The van der Waals surface area contributed by atoms with Gasteiger partial charge in [0.1, 0.15) is 0 Å². The summed E-state index contributed by atoms with van der Waals surface area (Å²) in [5, 5.41) is -0.213. The Hall–Kier alpha value is -0.780. The number of hydrogen-bond acceptors (Lipinski definition) is 3. The van der Waals surface area contributed by atoms with Crippen LogP contribution in [0.1, 0.15) is 23.6 Å². The van der Waals surface area contributed by atoms with Gasteiger partial charge in [0.15, 0.2) is 5.69 Å². The van der Waals surface area contributed by atoms with E-state index in [1.165, 1.54) is 0 Å². The standard InChI is InChI=1S/C7H7F3N2S/c1-4(13)5-2-12-6(3-11-5)7(8,9)10/h2-4,13H,1H3. The SMILES string of the molecule is CC(S)c1cnc(C(F)(F)F)cn1. The van der Waals surface area contributed by atoms with E-state index in [4.69, 9.17) is 0 Å². The predicted octanol–water partition coefficient (Wildman–Crippen LogP) is 2.49. The molecule has 0 N–H and O–H groups in total. The van der Waals surface area contributed by atoms with E-state index >= 15 is 0 Å². The third-order valence-electron chi connectivity index (χ3n) is 1.39. The van der Waals surface area contributed by atoms with Crippen LogP contribution in [0.2, 0.25) is 0 Å². The van der Waals surface area contributed by atoms with E-state index in [1.807, 2.05) is 0 Å². The number of halogens is 3. The van der Waals surface area contributed by atoms with Crippen molar-refractivity contribution in [1.82, 2.24) is 9.97 Å². The molecule has 13 heavy (non-hydrogen) atoms. The molecule has 0 aliphatic carbocycles. The van der Waals surface area contributed by atoms with Crippen molar-refractivity contribution in [1.29, 1.82) is 0 Å². The third-order valence-corrected chi connectivity index (χ3v) is 1.65. The van der Waals surface area contributed by atoms with Crippen LogP contribution in [0.4, 0.5) is 13.2 Å². The molecule has 1 aromatic rings. The number of nitrogens with zero attached hydrogens (tertiary/aromatic N) is 2. The normalized spacial score (nSPS) is 14.2. The first-order chi connectivity index (χ1) is 5.91. The highest BCUT2D eigenvalue weighted by atomic mass is 32.1. The fourth-order valence-electron chi connectivity index (χ4n) is 0.700. The van der Waals surface area contributed by atoms with E-state index < -0.39 is 11.9 Å². The van der Waals surface area contributed by atoms with Crippen LogP contribution in [-0.2, 0) is 6.18 Å². The molecule has 0 radical (unpaired) electrons. The summed E-state index contributed by atoms with van der Waals surface area (Å²) >= 11 is 4.01. The van der Waals surface area contributed by atoms with Gasteiger partial charge >= 0.3 is 6.18 Å². The van der Waals surface area contributed by atoms with Gasteiger partial charge in [-0.2, -0.15) is 25.8 Å². The van der Waals surface area contributed by atoms with Crippen molar-refractivity contribution in [3.05, 3.63) is 23.8 Å². The molecule has 0 saturated heterocycles. The van der Waals surface area contributed by atoms with Crippen LogP contribution in [0.25, 0.3) is 0 Å². The Bertz CT molecular complexity index is 281. The summed E-state index contributed by atoms with van der Waals surface area (Å²) in [4.78, 5) is 6.82. The summed E-state index contributed by atoms with van der Waals surface area (Å²) in [6.45, 7) is 1.71. The average molecular weight is 208 g/mol. The van der Waals surface area contributed by atoms with Gasteiger partial charge < -0.3 is 0 Å². The lowest BCUT2D eigenvalue weighted by molar-refractivity contribution is -0.141. The maximum absolute atomic E-state index is 12.0. The Balaban J connectivity index is 2.94. The number of alkyl halides is 3. The maximum Gasteiger partial charge on any atom is 0.434 e. The summed E-state index contributed by atoms with van der Waals surface area (Å²) in [5.41, 5.74) is -0.554. The molecule has 0 spiro atoms. The average Bonchev–Trinajstić information content (AvgIpc) is 2.03. The second kappa shape index (κ2) is 3.53. The van der Waals surface area contributed by atoms with Gasteiger partial charge in [0.25, 0.3) is 0 Å². The Morgan fingerprint density at radius 1 is 1.31 bits per heavy atom. The summed E-state index contributed by atoms with van der Waals surface area (Å²) in [6, 6.07) is 0. The topological polar surface area (TPSA) is 25.8 Å². The molecule has 0 aliphatic heterocycles. The van der Waals surface area contributed by atoms with Crippen molar-refractivity contribution >= 4 is 12.6 Å². The summed E-state index contributed by atoms with van der Waals surface area (Å²) < 4.78 is 36.0. The molecular formula is C7H7F3N2S. The van der Waals surface area contributed by atoms with E-state index in [9.17, 15) is 13.2 Å². The molecule has 1 heterocycles. The second-order valence-electron chi connectivity index (χ2n) is 2.50. The monoisotopic (exact) mass is 208 g/mol. The lowest BCUT2D eigenvalue weighted by Gasteiger charge is -2.06. The quantitative estimate of drug-likeness (QED) is 0.717. The number of aromatic nitrogens is 2. The maximum atomic E-state index is 12.0. The van der Waals surface area contributed by atoms with Crippen LogP contribution < -0.4 is 0 Å². The molecule has 0 saturated carbocycles. The van der Waals surface area contributed by atoms with Crippen molar-refractivity contribution < 1.29 is 13.2 Å². The molecule has 1 unspecified atom stereocenters.